The molecule has 3 nitrogen and oxygen atoms in total. The molecular formula is C18H29NO2. The quantitative estimate of drug-likeness (QED) is 0.769. The Bertz CT molecular complexity index is 427. The van der Waals surface area contributed by atoms with Crippen molar-refractivity contribution in [3.63, 3.8) is 0 Å². The molecule has 0 radical (unpaired) electrons. The van der Waals surface area contributed by atoms with E-state index in [4.69, 9.17) is 15.2 Å². The topological polar surface area (TPSA) is 44.5 Å². The third kappa shape index (κ3) is 4.37. The zero-order valence-electron chi connectivity index (χ0n) is 13.4. The normalized spacial score (nSPS) is 16.9. The number of rotatable bonds is 8. The highest BCUT2D eigenvalue weighted by Gasteiger charge is 2.24. The van der Waals surface area contributed by atoms with Crippen molar-refractivity contribution in [3.05, 3.63) is 23.8 Å². The van der Waals surface area contributed by atoms with E-state index < -0.39 is 0 Å². The molecule has 1 fully saturated rings. The lowest BCUT2D eigenvalue weighted by molar-refractivity contribution is 0.267. The molecule has 118 valence electrons. The molecule has 0 aromatic heterocycles. The summed E-state index contributed by atoms with van der Waals surface area (Å²) in [6, 6.07) is 6.33. The number of benzene rings is 1. The first-order valence-corrected chi connectivity index (χ1v) is 8.41. The van der Waals surface area contributed by atoms with Crippen molar-refractivity contribution in [2.75, 3.05) is 13.2 Å². The summed E-state index contributed by atoms with van der Waals surface area (Å²) >= 11 is 0. The SMILES string of the molecule is CCCOc1ccc(C(N)C2CCCC2)cc1OCCC. The third-order valence-electron chi connectivity index (χ3n) is 4.18. The maximum atomic E-state index is 6.45. The fraction of sp³-hybridized carbons (Fsp3) is 0.667. The van der Waals surface area contributed by atoms with Crippen molar-refractivity contribution >= 4 is 0 Å². The molecule has 0 heterocycles. The van der Waals surface area contributed by atoms with Gasteiger partial charge in [-0.15, -0.1) is 0 Å². The van der Waals surface area contributed by atoms with E-state index in [1.54, 1.807) is 0 Å². The zero-order chi connectivity index (χ0) is 15.1. The highest BCUT2D eigenvalue weighted by atomic mass is 16.5. The lowest BCUT2D eigenvalue weighted by Gasteiger charge is -2.21. The molecule has 0 saturated heterocycles. The molecule has 3 heteroatoms. The lowest BCUT2D eigenvalue weighted by atomic mass is 9.92. The third-order valence-corrected chi connectivity index (χ3v) is 4.18. The minimum atomic E-state index is 0.122. The van der Waals surface area contributed by atoms with Crippen molar-refractivity contribution in [3.8, 4) is 11.5 Å². The molecule has 0 bridgehead atoms. The van der Waals surface area contributed by atoms with Gasteiger partial charge in [-0.1, -0.05) is 32.8 Å². The van der Waals surface area contributed by atoms with Crippen molar-refractivity contribution in [1.29, 1.82) is 0 Å². The first-order chi connectivity index (χ1) is 10.3. The van der Waals surface area contributed by atoms with Gasteiger partial charge in [0.2, 0.25) is 0 Å². The highest BCUT2D eigenvalue weighted by molar-refractivity contribution is 5.44. The van der Waals surface area contributed by atoms with Crippen LogP contribution in [0.1, 0.15) is 64.0 Å². The monoisotopic (exact) mass is 291 g/mol. The first-order valence-electron chi connectivity index (χ1n) is 8.41. The van der Waals surface area contributed by atoms with E-state index in [-0.39, 0.29) is 6.04 Å². The Kier molecular flexibility index (Phi) is 6.37. The number of nitrogens with two attached hydrogens (primary N) is 1. The summed E-state index contributed by atoms with van der Waals surface area (Å²) in [4.78, 5) is 0. The lowest BCUT2D eigenvalue weighted by Crippen LogP contribution is -2.19. The summed E-state index contributed by atoms with van der Waals surface area (Å²) < 4.78 is 11.6. The average molecular weight is 291 g/mol. The molecule has 1 aromatic carbocycles. The average Bonchev–Trinajstić information content (AvgIpc) is 3.04. The Morgan fingerprint density at radius 1 is 1.05 bits per heavy atom. The Morgan fingerprint density at radius 3 is 2.29 bits per heavy atom. The Labute approximate surface area is 128 Å². The predicted molar refractivity (Wildman–Crippen MR) is 86.9 cm³/mol. The van der Waals surface area contributed by atoms with Crippen molar-refractivity contribution < 1.29 is 9.47 Å². The van der Waals surface area contributed by atoms with Crippen LogP contribution in [0.15, 0.2) is 18.2 Å². The van der Waals surface area contributed by atoms with Gasteiger partial charge in [-0.05, 0) is 49.3 Å². The van der Waals surface area contributed by atoms with E-state index in [1.165, 1.54) is 31.2 Å². The van der Waals surface area contributed by atoms with Gasteiger partial charge in [-0.3, -0.25) is 0 Å². The van der Waals surface area contributed by atoms with Crippen LogP contribution >= 0.6 is 0 Å². The van der Waals surface area contributed by atoms with E-state index in [0.29, 0.717) is 12.5 Å². The van der Waals surface area contributed by atoms with E-state index in [2.05, 4.69) is 26.0 Å². The molecule has 1 aromatic rings. The van der Waals surface area contributed by atoms with Gasteiger partial charge in [0.05, 0.1) is 13.2 Å². The second kappa shape index (κ2) is 8.28. The minimum absolute atomic E-state index is 0.122. The van der Waals surface area contributed by atoms with Crippen molar-refractivity contribution in [2.45, 2.75) is 58.4 Å². The molecule has 2 rings (SSSR count). The smallest absolute Gasteiger partial charge is 0.161 e. The van der Waals surface area contributed by atoms with Crippen LogP contribution in [0.2, 0.25) is 0 Å². The summed E-state index contributed by atoms with van der Waals surface area (Å²) in [7, 11) is 0. The summed E-state index contributed by atoms with van der Waals surface area (Å²) in [6.45, 7) is 5.65. The van der Waals surface area contributed by atoms with Gasteiger partial charge in [-0.25, -0.2) is 0 Å². The van der Waals surface area contributed by atoms with Crippen LogP contribution in [0.3, 0.4) is 0 Å². The van der Waals surface area contributed by atoms with Gasteiger partial charge in [0.15, 0.2) is 11.5 Å². The Hall–Kier alpha value is -1.22. The summed E-state index contributed by atoms with van der Waals surface area (Å²) in [5, 5.41) is 0. The second-order valence-corrected chi connectivity index (χ2v) is 5.97. The molecule has 1 saturated carbocycles. The van der Waals surface area contributed by atoms with Crippen LogP contribution in [-0.2, 0) is 0 Å². The van der Waals surface area contributed by atoms with Crippen LogP contribution in [0.4, 0.5) is 0 Å². The zero-order valence-corrected chi connectivity index (χ0v) is 13.4. The molecule has 1 aliphatic carbocycles. The molecular weight excluding hydrogens is 262 g/mol. The van der Waals surface area contributed by atoms with E-state index in [0.717, 1.165) is 30.9 Å². The van der Waals surface area contributed by atoms with E-state index in [1.807, 2.05) is 6.07 Å². The highest BCUT2D eigenvalue weighted by Crippen LogP contribution is 2.37. The van der Waals surface area contributed by atoms with Gasteiger partial charge in [0, 0.05) is 6.04 Å². The van der Waals surface area contributed by atoms with Gasteiger partial charge in [0.1, 0.15) is 0 Å². The minimum Gasteiger partial charge on any atom is -0.490 e. The molecule has 0 amide bonds. The standard InChI is InChI=1S/C18H29NO2/c1-3-11-20-16-10-9-15(13-17(16)21-12-4-2)18(19)14-7-5-6-8-14/h9-10,13-14,18H,3-8,11-12,19H2,1-2H3. The molecule has 2 N–H and O–H groups in total. The van der Waals surface area contributed by atoms with Gasteiger partial charge in [0.25, 0.3) is 0 Å². The van der Waals surface area contributed by atoms with Crippen molar-refractivity contribution in [1.82, 2.24) is 0 Å². The molecule has 1 atom stereocenters. The van der Waals surface area contributed by atoms with Gasteiger partial charge >= 0.3 is 0 Å². The molecule has 0 spiro atoms. The summed E-state index contributed by atoms with van der Waals surface area (Å²) in [5.41, 5.74) is 7.63. The van der Waals surface area contributed by atoms with Crippen LogP contribution in [0, 0.1) is 5.92 Å². The molecule has 1 unspecified atom stereocenters. The molecule has 0 aliphatic heterocycles. The van der Waals surface area contributed by atoms with Crippen molar-refractivity contribution in [2.24, 2.45) is 11.7 Å². The maximum absolute atomic E-state index is 6.45. The van der Waals surface area contributed by atoms with Gasteiger partial charge < -0.3 is 15.2 Å². The predicted octanol–water partition coefficient (Wildman–Crippen LogP) is 4.45. The van der Waals surface area contributed by atoms with Gasteiger partial charge in [-0.2, -0.15) is 0 Å². The first kappa shape index (κ1) is 16.2. The van der Waals surface area contributed by atoms with Crippen LogP contribution in [0.5, 0.6) is 11.5 Å². The van der Waals surface area contributed by atoms with Crippen LogP contribution in [-0.4, -0.2) is 13.2 Å². The number of hydrogen-bond donors (Lipinski definition) is 1. The fourth-order valence-corrected chi connectivity index (χ4v) is 2.98. The van der Waals surface area contributed by atoms with E-state index >= 15 is 0 Å². The van der Waals surface area contributed by atoms with Crippen LogP contribution in [0.25, 0.3) is 0 Å². The second-order valence-electron chi connectivity index (χ2n) is 5.97. The fourth-order valence-electron chi connectivity index (χ4n) is 2.98. The largest absolute Gasteiger partial charge is 0.490 e. The number of ether oxygens (including phenoxy) is 2. The summed E-state index contributed by atoms with van der Waals surface area (Å²) in [5.74, 6) is 2.30. The van der Waals surface area contributed by atoms with E-state index in [9.17, 15) is 0 Å². The maximum Gasteiger partial charge on any atom is 0.161 e. The Balaban J connectivity index is 2.14. The van der Waals surface area contributed by atoms with Crippen LogP contribution < -0.4 is 15.2 Å². The Morgan fingerprint density at radius 2 is 1.67 bits per heavy atom. The molecule has 1 aliphatic rings. The molecule has 21 heavy (non-hydrogen) atoms. The summed E-state index contributed by atoms with van der Waals surface area (Å²) in [6.07, 6.45) is 7.12. The number of hydrogen-bond acceptors (Lipinski definition) is 3.